The van der Waals surface area contributed by atoms with Crippen LogP contribution < -0.4 is 4.74 Å². The van der Waals surface area contributed by atoms with Gasteiger partial charge in [0.1, 0.15) is 5.75 Å². The third-order valence-electron chi connectivity index (χ3n) is 3.95. The summed E-state index contributed by atoms with van der Waals surface area (Å²) in [6.07, 6.45) is 1.65. The molecule has 0 aliphatic carbocycles. The Hall–Kier alpha value is -1.11. The van der Waals surface area contributed by atoms with E-state index >= 15 is 0 Å². The van der Waals surface area contributed by atoms with Gasteiger partial charge >= 0.3 is 0 Å². The Bertz CT molecular complexity index is 1020. The molecule has 1 fully saturated rings. The van der Waals surface area contributed by atoms with E-state index in [2.05, 4.69) is 45.2 Å². The van der Waals surface area contributed by atoms with E-state index in [1.54, 1.807) is 30.3 Å². The lowest BCUT2D eigenvalue weighted by Crippen LogP contribution is -2.33. The molecule has 2 amide bonds. The van der Waals surface area contributed by atoms with Crippen molar-refractivity contribution in [3.05, 3.63) is 64.6 Å². The molecule has 1 aliphatic rings. The molecule has 0 saturated carbocycles. The van der Waals surface area contributed by atoms with Gasteiger partial charge < -0.3 is 4.74 Å². The van der Waals surface area contributed by atoms with Crippen LogP contribution in [0.4, 0.5) is 4.79 Å². The van der Waals surface area contributed by atoms with Gasteiger partial charge in [-0.3, -0.25) is 19.3 Å². The highest BCUT2D eigenvalue weighted by atomic mass is 127. The Morgan fingerprint density at radius 3 is 2.55 bits per heavy atom. The number of hydrogen-bond donors (Lipinski definition) is 0. The van der Waals surface area contributed by atoms with Gasteiger partial charge in [-0.2, -0.15) is 0 Å². The lowest BCUT2D eigenvalue weighted by Gasteiger charge is -2.12. The van der Waals surface area contributed by atoms with Gasteiger partial charge in [0.05, 0.1) is 21.6 Å². The first kappa shape index (κ1) is 22.6. The van der Waals surface area contributed by atoms with Crippen molar-refractivity contribution in [2.24, 2.45) is 0 Å². The molecule has 0 N–H and O–H groups in total. The van der Waals surface area contributed by atoms with Gasteiger partial charge in [-0.1, -0.05) is 11.6 Å². The first-order valence-corrected chi connectivity index (χ1v) is 11.8. The summed E-state index contributed by atoms with van der Waals surface area (Å²) in [5.74, 6) is -0.153. The standard InChI is InChI=1S/C20H14ClI2NO4S/c1-2-28-18-12(7-14(22)9-15(18)23)8-17-19(26)24(20(27)29-17)10-16(25)11-3-5-13(21)6-4-11/h3-9H,2,10H2,1H3/b17-8+. The summed E-state index contributed by atoms with van der Waals surface area (Å²) >= 11 is 11.0. The molecule has 9 heteroatoms. The highest BCUT2D eigenvalue weighted by Crippen LogP contribution is 2.36. The number of carbonyl (C=O) groups is 3. The number of carbonyl (C=O) groups excluding carboxylic acids is 3. The fourth-order valence-corrected chi connectivity index (χ4v) is 5.63. The first-order valence-electron chi connectivity index (χ1n) is 8.46. The molecule has 0 radical (unpaired) electrons. The molecule has 1 aliphatic heterocycles. The van der Waals surface area contributed by atoms with Crippen LogP contribution in [0.1, 0.15) is 22.8 Å². The number of thioether (sulfide) groups is 1. The molecule has 0 spiro atoms. The van der Waals surface area contributed by atoms with E-state index in [-0.39, 0.29) is 17.2 Å². The van der Waals surface area contributed by atoms with Crippen LogP contribution >= 0.6 is 68.5 Å². The van der Waals surface area contributed by atoms with Crippen LogP contribution in [0.5, 0.6) is 5.75 Å². The Morgan fingerprint density at radius 2 is 1.90 bits per heavy atom. The Morgan fingerprint density at radius 1 is 1.21 bits per heavy atom. The minimum absolute atomic E-state index is 0.262. The number of imide groups is 1. The second-order valence-electron chi connectivity index (χ2n) is 5.94. The Balaban J connectivity index is 1.85. The fraction of sp³-hybridized carbons (Fsp3) is 0.150. The van der Waals surface area contributed by atoms with Crippen molar-refractivity contribution in [1.29, 1.82) is 0 Å². The van der Waals surface area contributed by atoms with E-state index in [4.69, 9.17) is 16.3 Å². The predicted octanol–water partition coefficient (Wildman–Crippen LogP) is 5.87. The van der Waals surface area contributed by atoms with Gasteiger partial charge in [-0.15, -0.1) is 0 Å². The van der Waals surface area contributed by atoms with Crippen LogP contribution in [0.25, 0.3) is 6.08 Å². The van der Waals surface area contributed by atoms with Gasteiger partial charge in [0, 0.05) is 19.7 Å². The lowest BCUT2D eigenvalue weighted by molar-refractivity contribution is -0.122. The average molecular weight is 654 g/mol. The molecule has 2 aromatic rings. The number of benzene rings is 2. The third-order valence-corrected chi connectivity index (χ3v) is 6.54. The second kappa shape index (κ2) is 9.80. The summed E-state index contributed by atoms with van der Waals surface area (Å²) < 4.78 is 7.62. The minimum Gasteiger partial charge on any atom is -0.492 e. The van der Waals surface area contributed by atoms with Crippen molar-refractivity contribution >= 4 is 91.6 Å². The van der Waals surface area contributed by atoms with Gasteiger partial charge in [0.2, 0.25) is 0 Å². The third kappa shape index (κ3) is 5.33. The quantitative estimate of drug-likeness (QED) is 0.222. The molecule has 0 atom stereocenters. The number of Topliss-reactive ketones (excluding diaryl/α,β-unsaturated/α-hetero) is 1. The Labute approximate surface area is 204 Å². The molecular weight excluding hydrogens is 640 g/mol. The van der Waals surface area contributed by atoms with Crippen LogP contribution in [0.3, 0.4) is 0 Å². The average Bonchev–Trinajstić information content (AvgIpc) is 2.92. The Kier molecular flexibility index (Phi) is 7.63. The highest BCUT2D eigenvalue weighted by Gasteiger charge is 2.36. The SMILES string of the molecule is CCOc1c(I)cc(I)cc1/C=C1/SC(=O)N(CC(=O)c2ccc(Cl)cc2)C1=O. The van der Waals surface area contributed by atoms with E-state index in [1.165, 1.54) is 0 Å². The molecule has 1 heterocycles. The van der Waals surface area contributed by atoms with Gasteiger partial charge in [0.25, 0.3) is 11.1 Å². The summed E-state index contributed by atoms with van der Waals surface area (Å²) in [4.78, 5) is 38.8. The maximum absolute atomic E-state index is 12.8. The maximum Gasteiger partial charge on any atom is 0.293 e. The van der Waals surface area contributed by atoms with Crippen molar-refractivity contribution in [1.82, 2.24) is 4.90 Å². The summed E-state index contributed by atoms with van der Waals surface area (Å²) in [5.41, 5.74) is 1.11. The number of ether oxygens (including phenoxy) is 1. The number of hydrogen-bond acceptors (Lipinski definition) is 5. The molecule has 3 rings (SSSR count). The number of rotatable bonds is 6. The lowest BCUT2D eigenvalue weighted by atomic mass is 10.1. The van der Waals surface area contributed by atoms with E-state index in [0.29, 0.717) is 22.9 Å². The molecule has 0 unspecified atom stereocenters. The van der Waals surface area contributed by atoms with Crippen LogP contribution in [-0.2, 0) is 4.79 Å². The summed E-state index contributed by atoms with van der Waals surface area (Å²) in [6, 6.07) is 10.2. The van der Waals surface area contributed by atoms with Crippen LogP contribution in [-0.4, -0.2) is 35.0 Å². The topological polar surface area (TPSA) is 63.7 Å². The highest BCUT2D eigenvalue weighted by molar-refractivity contribution is 14.1. The van der Waals surface area contributed by atoms with Crippen LogP contribution in [0, 0.1) is 7.14 Å². The minimum atomic E-state index is -0.487. The molecule has 1 saturated heterocycles. The smallest absolute Gasteiger partial charge is 0.293 e. The van der Waals surface area contributed by atoms with E-state index in [1.807, 2.05) is 19.1 Å². The normalized spacial score (nSPS) is 15.3. The summed E-state index contributed by atoms with van der Waals surface area (Å²) in [7, 11) is 0. The van der Waals surface area contributed by atoms with E-state index in [0.717, 1.165) is 29.4 Å². The van der Waals surface area contributed by atoms with Crippen LogP contribution in [0.2, 0.25) is 5.02 Å². The molecule has 2 aromatic carbocycles. The summed E-state index contributed by atoms with van der Waals surface area (Å²) in [6.45, 7) is 2.05. The van der Waals surface area contributed by atoms with Crippen LogP contribution in [0.15, 0.2) is 41.3 Å². The van der Waals surface area contributed by atoms with Crippen molar-refractivity contribution in [3.8, 4) is 5.75 Å². The largest absolute Gasteiger partial charge is 0.492 e. The molecule has 29 heavy (non-hydrogen) atoms. The fourth-order valence-electron chi connectivity index (χ4n) is 2.63. The van der Waals surface area contributed by atoms with Gasteiger partial charge in [0.15, 0.2) is 5.78 Å². The van der Waals surface area contributed by atoms with Crippen molar-refractivity contribution in [3.63, 3.8) is 0 Å². The molecular formula is C20H14ClI2NO4S. The van der Waals surface area contributed by atoms with E-state index < -0.39 is 11.1 Å². The molecule has 150 valence electrons. The first-order chi connectivity index (χ1) is 13.8. The van der Waals surface area contributed by atoms with Gasteiger partial charge in [-0.05, 0) is 106 Å². The van der Waals surface area contributed by atoms with Gasteiger partial charge in [-0.25, -0.2) is 0 Å². The van der Waals surface area contributed by atoms with E-state index in [9.17, 15) is 14.4 Å². The number of amides is 2. The zero-order valence-electron chi connectivity index (χ0n) is 15.1. The number of halogens is 3. The van der Waals surface area contributed by atoms with Crippen molar-refractivity contribution in [2.45, 2.75) is 6.92 Å². The van der Waals surface area contributed by atoms with Crippen molar-refractivity contribution < 1.29 is 19.1 Å². The summed E-state index contributed by atoms with van der Waals surface area (Å²) in [5, 5.41) is 0.0368. The van der Waals surface area contributed by atoms with Crippen molar-refractivity contribution in [2.75, 3.05) is 13.2 Å². The zero-order valence-corrected chi connectivity index (χ0v) is 21.0. The number of ketones is 1. The molecule has 0 aromatic heterocycles. The molecule has 5 nitrogen and oxygen atoms in total. The maximum atomic E-state index is 12.8. The monoisotopic (exact) mass is 653 g/mol. The molecule has 0 bridgehead atoms. The predicted molar refractivity (Wildman–Crippen MR) is 132 cm³/mol. The number of nitrogens with zero attached hydrogens (tertiary/aromatic N) is 1. The zero-order chi connectivity index (χ0) is 21.1. The second-order valence-corrected chi connectivity index (χ2v) is 9.77.